The van der Waals surface area contributed by atoms with Crippen LogP contribution in [-0.2, 0) is 27.8 Å². The van der Waals surface area contributed by atoms with Crippen LogP contribution in [0.2, 0.25) is 0 Å². The van der Waals surface area contributed by atoms with Gasteiger partial charge in [-0.25, -0.2) is 4.98 Å². The third-order valence-corrected chi connectivity index (χ3v) is 7.97. The highest BCUT2D eigenvalue weighted by Crippen LogP contribution is 2.21. The molecule has 0 unspecified atom stereocenters. The van der Waals surface area contributed by atoms with Gasteiger partial charge in [-0.15, -0.1) is 0 Å². The zero-order valence-corrected chi connectivity index (χ0v) is 23.1. The third kappa shape index (κ3) is 7.67. The number of carbonyl (C=O) groups is 2. The molecule has 0 bridgehead atoms. The number of amides is 1. The minimum absolute atomic E-state index is 0.00989. The van der Waals surface area contributed by atoms with E-state index in [4.69, 9.17) is 9.72 Å². The van der Waals surface area contributed by atoms with Crippen molar-refractivity contribution in [3.8, 4) is 0 Å². The number of likely N-dealkylation sites (tertiary alicyclic amines) is 1. The van der Waals surface area contributed by atoms with E-state index in [1.807, 2.05) is 43.0 Å². The lowest BCUT2D eigenvalue weighted by atomic mass is 9.96. The molecule has 1 aromatic heterocycles. The van der Waals surface area contributed by atoms with Crippen molar-refractivity contribution in [1.82, 2.24) is 14.5 Å². The number of aromatic nitrogens is 2. The molecule has 0 radical (unpaired) electrons. The predicted molar refractivity (Wildman–Crippen MR) is 142 cm³/mol. The van der Waals surface area contributed by atoms with Crippen molar-refractivity contribution in [1.29, 1.82) is 0 Å². The summed E-state index contributed by atoms with van der Waals surface area (Å²) in [5.74, 6) is 0.718. The van der Waals surface area contributed by atoms with E-state index in [0.29, 0.717) is 50.5 Å². The van der Waals surface area contributed by atoms with Crippen LogP contribution in [0.25, 0.3) is 0 Å². The number of unbranched alkanes of at least 4 members (excludes halogenated alkanes) is 1. The number of hydrogen-bond donors (Lipinski definition) is 0. The summed E-state index contributed by atoms with van der Waals surface area (Å²) < 4.78 is 7.73. The number of aryl methyl sites for hydroxylation is 1. The Morgan fingerprint density at radius 3 is 2.51 bits per heavy atom. The van der Waals surface area contributed by atoms with Crippen molar-refractivity contribution in [2.24, 2.45) is 13.0 Å². The van der Waals surface area contributed by atoms with Crippen LogP contribution in [0.15, 0.2) is 38.7 Å². The van der Waals surface area contributed by atoms with E-state index in [1.54, 1.807) is 23.4 Å². The summed E-state index contributed by atoms with van der Waals surface area (Å²) in [4.78, 5) is 43.9. The van der Waals surface area contributed by atoms with Gasteiger partial charge in [0.1, 0.15) is 0 Å². The lowest BCUT2D eigenvalue weighted by Gasteiger charge is -2.31. The second kappa shape index (κ2) is 13.3. The summed E-state index contributed by atoms with van der Waals surface area (Å²) in [5.41, 5.74) is 2.55. The number of piperidine rings is 1. The Balaban J connectivity index is 1.43. The van der Waals surface area contributed by atoms with Crippen LogP contribution in [0.1, 0.15) is 55.8 Å². The maximum absolute atomic E-state index is 13.0. The van der Waals surface area contributed by atoms with E-state index in [9.17, 15) is 14.4 Å². The van der Waals surface area contributed by atoms with Crippen LogP contribution in [0.4, 0.5) is 0 Å². The Bertz CT molecular complexity index is 1080. The Kier molecular flexibility index (Phi) is 10.4. The van der Waals surface area contributed by atoms with Crippen LogP contribution >= 0.6 is 27.7 Å². The van der Waals surface area contributed by atoms with Crippen molar-refractivity contribution >= 4 is 39.6 Å². The Hall–Kier alpha value is -2.13. The van der Waals surface area contributed by atoms with Gasteiger partial charge < -0.3 is 9.64 Å². The predicted octanol–water partition coefficient (Wildman–Crippen LogP) is 4.51. The molecule has 2 heterocycles. The SMILES string of the molecule is CCOC(=O)C1CCN(C(=O)CCCCSc2nc(C)c(Cc3ccc(Br)cc3)c(=O)n2C)CC1. The van der Waals surface area contributed by atoms with Crippen molar-refractivity contribution in [3.05, 3.63) is 55.9 Å². The van der Waals surface area contributed by atoms with Gasteiger partial charge >= 0.3 is 5.97 Å². The Labute approximate surface area is 219 Å². The van der Waals surface area contributed by atoms with Crippen molar-refractivity contribution in [2.75, 3.05) is 25.4 Å². The van der Waals surface area contributed by atoms with Crippen molar-refractivity contribution in [3.63, 3.8) is 0 Å². The van der Waals surface area contributed by atoms with Gasteiger partial charge in [0.2, 0.25) is 5.91 Å². The van der Waals surface area contributed by atoms with E-state index in [0.717, 1.165) is 39.9 Å². The van der Waals surface area contributed by atoms with Gasteiger partial charge in [0.25, 0.3) is 5.56 Å². The van der Waals surface area contributed by atoms with Crippen LogP contribution in [0, 0.1) is 12.8 Å². The van der Waals surface area contributed by atoms with Crippen molar-refractivity contribution < 1.29 is 14.3 Å². The molecular formula is C26H34BrN3O4S. The minimum Gasteiger partial charge on any atom is -0.466 e. The number of halogens is 1. The smallest absolute Gasteiger partial charge is 0.309 e. The first-order valence-electron chi connectivity index (χ1n) is 12.2. The lowest BCUT2D eigenvalue weighted by molar-refractivity contribution is -0.151. The standard InChI is InChI=1S/C26H34BrN3O4S/c1-4-34-25(33)20-12-14-30(15-13-20)23(31)7-5-6-16-35-26-28-18(2)22(24(32)29(26)3)17-19-8-10-21(27)11-9-19/h8-11,20H,4-7,12-17H2,1-3H3. The number of thioether (sulfide) groups is 1. The highest BCUT2D eigenvalue weighted by molar-refractivity contribution is 9.10. The lowest BCUT2D eigenvalue weighted by Crippen LogP contribution is -2.40. The first kappa shape index (κ1) is 27.5. The molecule has 1 aliphatic rings. The van der Waals surface area contributed by atoms with E-state index in [2.05, 4.69) is 15.9 Å². The van der Waals surface area contributed by atoms with Crippen LogP contribution < -0.4 is 5.56 Å². The molecule has 0 saturated carbocycles. The minimum atomic E-state index is -0.142. The van der Waals surface area contributed by atoms with Crippen molar-refractivity contribution in [2.45, 2.75) is 57.5 Å². The first-order valence-corrected chi connectivity index (χ1v) is 14.0. The zero-order valence-electron chi connectivity index (χ0n) is 20.7. The van der Waals surface area contributed by atoms with E-state index in [1.165, 1.54) is 0 Å². The Morgan fingerprint density at radius 2 is 1.86 bits per heavy atom. The molecule has 190 valence electrons. The van der Waals surface area contributed by atoms with Gasteiger partial charge in [0.05, 0.1) is 12.5 Å². The highest BCUT2D eigenvalue weighted by atomic mass is 79.9. The van der Waals surface area contributed by atoms with E-state index < -0.39 is 0 Å². The molecular weight excluding hydrogens is 530 g/mol. The molecule has 0 atom stereocenters. The summed E-state index contributed by atoms with van der Waals surface area (Å²) in [6, 6.07) is 7.97. The maximum atomic E-state index is 13.0. The fraction of sp³-hybridized carbons (Fsp3) is 0.538. The topological polar surface area (TPSA) is 81.5 Å². The number of nitrogens with zero attached hydrogens (tertiary/aromatic N) is 3. The van der Waals surface area contributed by atoms with Gasteiger partial charge in [-0.1, -0.05) is 39.8 Å². The van der Waals surface area contributed by atoms with Gasteiger partial charge in [0, 0.05) is 54.5 Å². The maximum Gasteiger partial charge on any atom is 0.309 e. The summed E-state index contributed by atoms with van der Waals surface area (Å²) in [6.45, 7) is 5.34. The monoisotopic (exact) mass is 563 g/mol. The van der Waals surface area contributed by atoms with E-state index >= 15 is 0 Å². The molecule has 0 spiro atoms. The molecule has 2 aromatic rings. The first-order chi connectivity index (χ1) is 16.8. The van der Waals surface area contributed by atoms with Crippen LogP contribution in [0.3, 0.4) is 0 Å². The van der Waals surface area contributed by atoms with Gasteiger partial charge in [-0.3, -0.25) is 19.0 Å². The molecule has 3 rings (SSSR count). The molecule has 1 saturated heterocycles. The van der Waals surface area contributed by atoms with Crippen LogP contribution in [0.5, 0.6) is 0 Å². The highest BCUT2D eigenvalue weighted by Gasteiger charge is 2.27. The molecule has 1 amide bonds. The second-order valence-corrected chi connectivity index (χ2v) is 10.8. The fourth-order valence-corrected chi connectivity index (χ4v) is 5.47. The van der Waals surface area contributed by atoms with E-state index in [-0.39, 0.29) is 23.4 Å². The number of rotatable bonds is 10. The summed E-state index contributed by atoms with van der Waals surface area (Å²) in [5, 5.41) is 0.708. The second-order valence-electron chi connectivity index (χ2n) is 8.84. The fourth-order valence-electron chi connectivity index (χ4n) is 4.19. The summed E-state index contributed by atoms with van der Waals surface area (Å²) >= 11 is 5.00. The largest absolute Gasteiger partial charge is 0.466 e. The molecule has 1 aromatic carbocycles. The number of esters is 1. The number of carbonyl (C=O) groups excluding carboxylic acids is 2. The number of ether oxygens (including phenoxy) is 1. The normalized spacial score (nSPS) is 14.2. The molecule has 1 aliphatic heterocycles. The Morgan fingerprint density at radius 1 is 1.17 bits per heavy atom. The molecule has 0 aliphatic carbocycles. The molecule has 7 nitrogen and oxygen atoms in total. The molecule has 9 heteroatoms. The molecule has 0 N–H and O–H groups in total. The zero-order chi connectivity index (χ0) is 25.4. The number of benzene rings is 1. The summed E-state index contributed by atoms with van der Waals surface area (Å²) in [7, 11) is 1.77. The number of hydrogen-bond acceptors (Lipinski definition) is 6. The third-order valence-electron chi connectivity index (χ3n) is 6.33. The molecule has 35 heavy (non-hydrogen) atoms. The van der Waals surface area contributed by atoms with Gasteiger partial charge in [0.15, 0.2) is 5.16 Å². The molecule has 1 fully saturated rings. The van der Waals surface area contributed by atoms with Gasteiger partial charge in [-0.2, -0.15) is 0 Å². The summed E-state index contributed by atoms with van der Waals surface area (Å²) in [6.07, 6.45) is 4.07. The average molecular weight is 565 g/mol. The van der Waals surface area contributed by atoms with Gasteiger partial charge in [-0.05, 0) is 57.2 Å². The van der Waals surface area contributed by atoms with Crippen LogP contribution in [-0.4, -0.2) is 51.8 Å². The quantitative estimate of drug-likeness (QED) is 0.183. The average Bonchev–Trinajstić information content (AvgIpc) is 2.85.